The summed E-state index contributed by atoms with van der Waals surface area (Å²) in [6.07, 6.45) is 3.77. The summed E-state index contributed by atoms with van der Waals surface area (Å²) in [6.45, 7) is 3.98. The van der Waals surface area contributed by atoms with Crippen molar-refractivity contribution in [2.75, 3.05) is 0 Å². The molecule has 1 aliphatic rings. The molecule has 0 aliphatic carbocycles. The van der Waals surface area contributed by atoms with Crippen LogP contribution in [-0.4, -0.2) is 26.3 Å². The molecule has 8 heteroatoms. The maximum Gasteiger partial charge on any atom is 0.358 e. The lowest BCUT2D eigenvalue weighted by Gasteiger charge is -2.37. The molecule has 0 unspecified atom stereocenters. The monoisotopic (exact) mass is 447 g/mol. The average molecular weight is 448 g/mol. The van der Waals surface area contributed by atoms with E-state index in [1.54, 1.807) is 16.3 Å². The van der Waals surface area contributed by atoms with Crippen LogP contribution in [0.2, 0.25) is 0 Å². The Labute approximate surface area is 169 Å². The number of nitrogens with zero attached hydrogens (tertiary/aromatic N) is 3. The third-order valence-corrected chi connectivity index (χ3v) is 5.68. The van der Waals surface area contributed by atoms with Crippen molar-refractivity contribution < 1.29 is 14.3 Å². The van der Waals surface area contributed by atoms with Crippen molar-refractivity contribution in [3.8, 4) is 16.3 Å². The van der Waals surface area contributed by atoms with Gasteiger partial charge in [0, 0.05) is 40.6 Å². The molecule has 0 saturated heterocycles. The maximum atomic E-state index is 12.7. The fraction of sp³-hybridized carbons (Fsp3) is 0.316. The number of halogens is 1. The lowest BCUT2D eigenvalue weighted by atomic mass is 9.91. The first-order valence-corrected chi connectivity index (χ1v) is 10.1. The number of hydrogen-bond acceptors (Lipinski definition) is 6. The number of carbonyl (C=O) groups excluding carboxylic acids is 1. The Bertz CT molecular complexity index is 1010. The third-order valence-electron chi connectivity index (χ3n) is 4.30. The van der Waals surface area contributed by atoms with E-state index in [0.717, 1.165) is 26.4 Å². The minimum absolute atomic E-state index is 0.305. The molecule has 3 heterocycles. The fourth-order valence-electron chi connectivity index (χ4n) is 3.09. The van der Waals surface area contributed by atoms with Crippen molar-refractivity contribution in [2.45, 2.75) is 32.0 Å². The number of hydrogen-bond donors (Lipinski definition) is 0. The second-order valence-corrected chi connectivity index (χ2v) is 8.86. The maximum absolute atomic E-state index is 12.7. The van der Waals surface area contributed by atoms with Gasteiger partial charge in [-0.3, -0.25) is 4.68 Å². The lowest BCUT2D eigenvalue weighted by Crippen LogP contribution is -2.36. The van der Waals surface area contributed by atoms with Gasteiger partial charge in [-0.2, -0.15) is 5.10 Å². The molecular formula is C19H18BrN3O3S. The van der Waals surface area contributed by atoms with E-state index in [1.807, 2.05) is 45.3 Å². The number of ether oxygens (including phenoxy) is 2. The Kier molecular flexibility index (Phi) is 4.55. The number of aromatic nitrogens is 3. The van der Waals surface area contributed by atoms with E-state index >= 15 is 0 Å². The second-order valence-electron chi connectivity index (χ2n) is 7.08. The first-order chi connectivity index (χ1) is 12.8. The number of carbonyl (C=O) groups is 1. The summed E-state index contributed by atoms with van der Waals surface area (Å²) < 4.78 is 14.5. The van der Waals surface area contributed by atoms with Gasteiger partial charge in [-0.15, -0.1) is 11.3 Å². The largest absolute Gasteiger partial charge is 0.487 e. The quantitative estimate of drug-likeness (QED) is 0.541. The summed E-state index contributed by atoms with van der Waals surface area (Å²) in [5.41, 5.74) is 1.62. The molecule has 0 radical (unpaired) electrons. The summed E-state index contributed by atoms with van der Waals surface area (Å²) in [5, 5.41) is 6.60. The number of rotatable bonds is 3. The van der Waals surface area contributed by atoms with Gasteiger partial charge < -0.3 is 9.47 Å². The van der Waals surface area contributed by atoms with E-state index < -0.39 is 17.7 Å². The highest BCUT2D eigenvalue weighted by molar-refractivity contribution is 9.10. The predicted molar refractivity (Wildman–Crippen MR) is 106 cm³/mol. The van der Waals surface area contributed by atoms with Crippen LogP contribution >= 0.6 is 27.3 Å². The Balaban J connectivity index is 1.58. The molecule has 0 bridgehead atoms. The van der Waals surface area contributed by atoms with Crippen molar-refractivity contribution in [2.24, 2.45) is 7.05 Å². The molecule has 3 aromatic rings. The molecule has 6 nitrogen and oxygen atoms in total. The highest BCUT2D eigenvalue weighted by Crippen LogP contribution is 2.42. The van der Waals surface area contributed by atoms with Crippen molar-refractivity contribution >= 4 is 33.2 Å². The highest BCUT2D eigenvalue weighted by atomic mass is 79.9. The summed E-state index contributed by atoms with van der Waals surface area (Å²) in [4.78, 5) is 17.1. The van der Waals surface area contributed by atoms with Crippen LogP contribution < -0.4 is 4.74 Å². The van der Waals surface area contributed by atoms with Crippen molar-refractivity contribution in [3.63, 3.8) is 0 Å². The van der Waals surface area contributed by atoms with Crippen LogP contribution in [0.3, 0.4) is 0 Å². The van der Waals surface area contributed by atoms with E-state index in [0.29, 0.717) is 12.1 Å². The zero-order chi connectivity index (χ0) is 19.2. The topological polar surface area (TPSA) is 66.2 Å². The van der Waals surface area contributed by atoms with Crippen LogP contribution in [0.1, 0.15) is 42.4 Å². The molecule has 1 aliphatic heterocycles. The summed E-state index contributed by atoms with van der Waals surface area (Å²) in [5.74, 6) is 0.302. The van der Waals surface area contributed by atoms with Crippen LogP contribution in [0.5, 0.6) is 5.75 Å². The van der Waals surface area contributed by atoms with E-state index in [4.69, 9.17) is 9.47 Å². The van der Waals surface area contributed by atoms with Crippen molar-refractivity contribution in [1.29, 1.82) is 0 Å². The van der Waals surface area contributed by atoms with Crippen LogP contribution in [0.15, 0.2) is 40.4 Å². The Morgan fingerprint density at radius 1 is 1.44 bits per heavy atom. The molecule has 27 heavy (non-hydrogen) atoms. The molecule has 0 saturated carbocycles. The van der Waals surface area contributed by atoms with E-state index in [1.165, 1.54) is 11.3 Å². The summed E-state index contributed by atoms with van der Waals surface area (Å²) >= 11 is 4.87. The number of aryl methyl sites for hydroxylation is 1. The average Bonchev–Trinajstić information content (AvgIpc) is 3.23. The van der Waals surface area contributed by atoms with Gasteiger partial charge in [0.15, 0.2) is 5.69 Å². The van der Waals surface area contributed by atoms with E-state index in [-0.39, 0.29) is 0 Å². The second kappa shape index (κ2) is 6.76. The molecule has 1 atom stereocenters. The Hall–Kier alpha value is -2.19. The van der Waals surface area contributed by atoms with Gasteiger partial charge in [0.25, 0.3) is 0 Å². The SMILES string of the molecule is Cn1cc(-c2nc(C(=O)O[C@@H]3CC(C)(C)Oc4ccc(Br)cc43)cs2)cn1. The molecule has 0 N–H and O–H groups in total. The zero-order valence-electron chi connectivity index (χ0n) is 15.1. The number of benzene rings is 1. The molecule has 140 valence electrons. The first kappa shape index (κ1) is 18.2. The van der Waals surface area contributed by atoms with Gasteiger partial charge in [0.2, 0.25) is 0 Å². The minimum atomic E-state index is -0.435. The molecule has 4 rings (SSSR count). The predicted octanol–water partition coefficient (Wildman–Crippen LogP) is 4.77. The molecule has 0 fully saturated rings. The van der Waals surface area contributed by atoms with Gasteiger partial charge in [-0.25, -0.2) is 9.78 Å². The summed E-state index contributed by atoms with van der Waals surface area (Å²) in [7, 11) is 1.84. The minimum Gasteiger partial charge on any atom is -0.487 e. The van der Waals surface area contributed by atoms with Gasteiger partial charge in [0.05, 0.1) is 6.20 Å². The standard InChI is InChI=1S/C19H18BrN3O3S/c1-19(2)7-16(13-6-12(20)4-5-15(13)26-19)25-18(24)14-10-27-17(22-14)11-8-21-23(3)9-11/h4-6,8-10,16H,7H2,1-3H3/t16-/m1/s1. The Morgan fingerprint density at radius 3 is 3.00 bits per heavy atom. The van der Waals surface area contributed by atoms with Gasteiger partial charge in [-0.05, 0) is 32.0 Å². The zero-order valence-corrected chi connectivity index (χ0v) is 17.5. The summed E-state index contributed by atoms with van der Waals surface area (Å²) in [6, 6.07) is 5.74. The fourth-order valence-corrected chi connectivity index (χ4v) is 4.23. The highest BCUT2D eigenvalue weighted by Gasteiger charge is 2.36. The number of thiazole rings is 1. The third kappa shape index (κ3) is 3.77. The molecule has 0 amide bonds. The Morgan fingerprint density at radius 2 is 2.26 bits per heavy atom. The van der Waals surface area contributed by atoms with Crippen LogP contribution in [0.4, 0.5) is 0 Å². The van der Waals surface area contributed by atoms with Crippen LogP contribution in [-0.2, 0) is 11.8 Å². The number of esters is 1. The smallest absolute Gasteiger partial charge is 0.358 e. The molecule has 0 spiro atoms. The van der Waals surface area contributed by atoms with Crippen molar-refractivity contribution in [1.82, 2.24) is 14.8 Å². The first-order valence-electron chi connectivity index (χ1n) is 8.45. The lowest BCUT2D eigenvalue weighted by molar-refractivity contribution is -0.0165. The van der Waals surface area contributed by atoms with Crippen LogP contribution in [0, 0.1) is 0 Å². The molecule has 2 aromatic heterocycles. The van der Waals surface area contributed by atoms with E-state index in [9.17, 15) is 4.79 Å². The number of fused-ring (bicyclic) bond motifs is 1. The van der Waals surface area contributed by atoms with Gasteiger partial charge in [0.1, 0.15) is 22.5 Å². The van der Waals surface area contributed by atoms with E-state index in [2.05, 4.69) is 26.0 Å². The molecule has 1 aromatic carbocycles. The normalized spacial score (nSPS) is 17.9. The van der Waals surface area contributed by atoms with Crippen molar-refractivity contribution in [3.05, 3.63) is 51.7 Å². The van der Waals surface area contributed by atoms with Gasteiger partial charge >= 0.3 is 5.97 Å². The molecular weight excluding hydrogens is 430 g/mol. The van der Waals surface area contributed by atoms with Crippen LogP contribution in [0.25, 0.3) is 10.6 Å². The van der Waals surface area contributed by atoms with Gasteiger partial charge in [-0.1, -0.05) is 15.9 Å².